The Hall–Kier alpha value is -1.79. The van der Waals surface area contributed by atoms with Crippen LogP contribution in [0.3, 0.4) is 0 Å². The van der Waals surface area contributed by atoms with Gasteiger partial charge in [0.25, 0.3) is 0 Å². The minimum absolute atomic E-state index is 0.868. The number of nitro groups is 1. The summed E-state index contributed by atoms with van der Waals surface area (Å²) in [6.45, 7) is 9.42. The normalized spacial score (nSPS) is 13.7. The topological polar surface area (TPSA) is 98.9 Å². The molecule has 0 unspecified atom stereocenters. The SMILES string of the molecule is CC(C)(C)OC(=O)C(=C(O)OC(C)(C)C)[N+](=O)[O-]. The lowest BCUT2D eigenvalue weighted by molar-refractivity contribution is -0.428. The van der Waals surface area contributed by atoms with Crippen LogP contribution in [-0.2, 0) is 14.3 Å². The molecule has 0 aliphatic carbocycles. The zero-order valence-corrected chi connectivity index (χ0v) is 11.4. The second-order valence-electron chi connectivity index (χ2n) is 5.63. The average Bonchev–Trinajstić information content (AvgIpc) is 1.93. The van der Waals surface area contributed by atoms with Crippen LogP contribution in [0.25, 0.3) is 0 Å². The number of esters is 1. The Morgan fingerprint density at radius 3 is 1.72 bits per heavy atom. The molecule has 0 aromatic rings. The fraction of sp³-hybridized carbons (Fsp3) is 0.727. The van der Waals surface area contributed by atoms with Crippen LogP contribution in [-0.4, -0.2) is 27.2 Å². The predicted molar refractivity (Wildman–Crippen MR) is 63.3 cm³/mol. The first-order valence-electron chi connectivity index (χ1n) is 5.33. The van der Waals surface area contributed by atoms with Crippen LogP contribution in [0.2, 0.25) is 0 Å². The van der Waals surface area contributed by atoms with Gasteiger partial charge in [-0.05, 0) is 41.5 Å². The van der Waals surface area contributed by atoms with Crippen molar-refractivity contribution >= 4 is 5.97 Å². The van der Waals surface area contributed by atoms with Crippen molar-refractivity contribution in [3.8, 4) is 0 Å². The van der Waals surface area contributed by atoms with Crippen molar-refractivity contribution in [3.63, 3.8) is 0 Å². The number of nitrogens with zero attached hydrogens (tertiary/aromatic N) is 1. The number of aliphatic hydroxyl groups is 1. The Morgan fingerprint density at radius 2 is 1.44 bits per heavy atom. The summed E-state index contributed by atoms with van der Waals surface area (Å²) in [6.07, 6.45) is 0. The Labute approximate surface area is 106 Å². The number of hydrogen-bond donors (Lipinski definition) is 1. The summed E-state index contributed by atoms with van der Waals surface area (Å²) in [6, 6.07) is 0. The molecule has 0 aliphatic rings. The number of aliphatic hydroxyl groups excluding tert-OH is 1. The molecule has 7 nitrogen and oxygen atoms in total. The van der Waals surface area contributed by atoms with E-state index in [1.165, 1.54) is 0 Å². The van der Waals surface area contributed by atoms with Crippen LogP contribution < -0.4 is 0 Å². The van der Waals surface area contributed by atoms with Crippen molar-refractivity contribution in [2.45, 2.75) is 52.7 Å². The van der Waals surface area contributed by atoms with Gasteiger partial charge in [-0.1, -0.05) is 0 Å². The Kier molecular flexibility index (Phi) is 4.72. The van der Waals surface area contributed by atoms with Crippen molar-refractivity contribution in [1.29, 1.82) is 0 Å². The zero-order chi connectivity index (χ0) is 14.7. The molecule has 1 N–H and O–H groups in total. The van der Waals surface area contributed by atoms with Gasteiger partial charge in [0.2, 0.25) is 0 Å². The highest BCUT2D eigenvalue weighted by Crippen LogP contribution is 2.18. The third-order valence-corrected chi connectivity index (χ3v) is 1.38. The fourth-order valence-corrected chi connectivity index (χ4v) is 0.905. The Morgan fingerprint density at radius 1 is 1.06 bits per heavy atom. The lowest BCUT2D eigenvalue weighted by atomic mass is 10.2. The van der Waals surface area contributed by atoms with E-state index >= 15 is 0 Å². The van der Waals surface area contributed by atoms with Gasteiger partial charge in [-0.2, -0.15) is 0 Å². The van der Waals surface area contributed by atoms with Crippen LogP contribution in [0, 0.1) is 10.1 Å². The van der Waals surface area contributed by atoms with E-state index in [1.54, 1.807) is 41.5 Å². The van der Waals surface area contributed by atoms with E-state index < -0.39 is 33.7 Å². The van der Waals surface area contributed by atoms with Gasteiger partial charge < -0.3 is 14.6 Å². The lowest BCUT2D eigenvalue weighted by Crippen LogP contribution is -2.29. The predicted octanol–water partition coefficient (Wildman–Crippen LogP) is 2.15. The molecule has 0 rings (SSSR count). The smallest absolute Gasteiger partial charge is 0.432 e. The van der Waals surface area contributed by atoms with E-state index in [4.69, 9.17) is 9.47 Å². The van der Waals surface area contributed by atoms with Crippen LogP contribution >= 0.6 is 0 Å². The maximum atomic E-state index is 11.6. The molecule has 7 heteroatoms. The molecule has 0 aromatic carbocycles. The highest BCUT2D eigenvalue weighted by molar-refractivity contribution is 5.86. The molecule has 0 bridgehead atoms. The monoisotopic (exact) mass is 261 g/mol. The average molecular weight is 261 g/mol. The van der Waals surface area contributed by atoms with E-state index in [0.717, 1.165) is 0 Å². The molecule has 0 heterocycles. The molecular formula is C11H19NO6. The molecule has 0 spiro atoms. The highest BCUT2D eigenvalue weighted by atomic mass is 16.7. The van der Waals surface area contributed by atoms with Gasteiger partial charge in [0.1, 0.15) is 11.2 Å². The first kappa shape index (κ1) is 16.2. The molecule has 0 fully saturated rings. The van der Waals surface area contributed by atoms with Gasteiger partial charge in [0.15, 0.2) is 0 Å². The molecule has 0 atom stereocenters. The maximum Gasteiger partial charge on any atom is 0.432 e. The Bertz CT molecular complexity index is 372. The van der Waals surface area contributed by atoms with E-state index in [-0.39, 0.29) is 0 Å². The second-order valence-corrected chi connectivity index (χ2v) is 5.63. The number of carbonyl (C=O) groups is 1. The first-order chi connectivity index (χ1) is 7.83. The molecule has 0 amide bonds. The molecule has 18 heavy (non-hydrogen) atoms. The van der Waals surface area contributed by atoms with E-state index in [2.05, 4.69) is 0 Å². The summed E-state index contributed by atoms with van der Waals surface area (Å²) in [5, 5.41) is 20.3. The zero-order valence-electron chi connectivity index (χ0n) is 11.4. The summed E-state index contributed by atoms with van der Waals surface area (Å²) >= 11 is 0. The fourth-order valence-electron chi connectivity index (χ4n) is 0.905. The molecule has 0 radical (unpaired) electrons. The highest BCUT2D eigenvalue weighted by Gasteiger charge is 2.36. The van der Waals surface area contributed by atoms with Crippen LogP contribution in [0.4, 0.5) is 0 Å². The van der Waals surface area contributed by atoms with Crippen molar-refractivity contribution in [3.05, 3.63) is 21.8 Å². The third kappa shape index (κ3) is 6.07. The Balaban J connectivity index is 5.26. The van der Waals surface area contributed by atoms with Crippen LogP contribution in [0.1, 0.15) is 41.5 Å². The number of ether oxygens (including phenoxy) is 2. The first-order valence-corrected chi connectivity index (χ1v) is 5.33. The second kappa shape index (κ2) is 5.24. The van der Waals surface area contributed by atoms with E-state index in [0.29, 0.717) is 0 Å². The summed E-state index contributed by atoms with van der Waals surface area (Å²) < 4.78 is 9.71. The minimum Gasteiger partial charge on any atom is -0.476 e. The lowest BCUT2D eigenvalue weighted by Gasteiger charge is -2.21. The van der Waals surface area contributed by atoms with Gasteiger partial charge >= 0.3 is 17.6 Å². The molecular weight excluding hydrogens is 242 g/mol. The minimum atomic E-state index is -1.24. The van der Waals surface area contributed by atoms with Crippen molar-refractivity contribution in [1.82, 2.24) is 0 Å². The largest absolute Gasteiger partial charge is 0.476 e. The quantitative estimate of drug-likeness (QED) is 0.275. The van der Waals surface area contributed by atoms with Gasteiger partial charge in [0, 0.05) is 0 Å². The molecule has 0 aliphatic heterocycles. The van der Waals surface area contributed by atoms with E-state index in [1.807, 2.05) is 0 Å². The summed E-state index contributed by atoms with van der Waals surface area (Å²) in [7, 11) is 0. The number of hydrogen-bond acceptors (Lipinski definition) is 6. The van der Waals surface area contributed by atoms with Crippen molar-refractivity contribution in [2.24, 2.45) is 0 Å². The molecule has 104 valence electrons. The number of rotatable bonds is 3. The third-order valence-electron chi connectivity index (χ3n) is 1.38. The standard InChI is InChI=1S/C11H19NO6/c1-10(2,3)17-8(13)7(12(15)16)9(14)18-11(4,5)6/h13H,1-6H3. The maximum absolute atomic E-state index is 11.6. The van der Waals surface area contributed by atoms with Gasteiger partial charge in [-0.25, -0.2) is 4.79 Å². The van der Waals surface area contributed by atoms with Crippen molar-refractivity contribution < 1.29 is 24.3 Å². The van der Waals surface area contributed by atoms with Crippen molar-refractivity contribution in [2.75, 3.05) is 0 Å². The van der Waals surface area contributed by atoms with E-state index in [9.17, 15) is 20.0 Å². The summed E-state index contributed by atoms with van der Waals surface area (Å²) in [4.78, 5) is 21.3. The van der Waals surface area contributed by atoms with Crippen LogP contribution in [0.5, 0.6) is 0 Å². The van der Waals surface area contributed by atoms with Gasteiger partial charge in [0.05, 0.1) is 4.92 Å². The number of carbonyl (C=O) groups excluding carboxylic acids is 1. The molecule has 0 saturated heterocycles. The van der Waals surface area contributed by atoms with Crippen LogP contribution in [0.15, 0.2) is 11.6 Å². The molecule has 0 aromatic heterocycles. The van der Waals surface area contributed by atoms with Gasteiger partial charge in [-0.3, -0.25) is 10.1 Å². The van der Waals surface area contributed by atoms with Gasteiger partial charge in [-0.15, -0.1) is 0 Å². The molecule has 0 saturated carbocycles. The summed E-state index contributed by atoms with van der Waals surface area (Å²) in [5.74, 6) is -2.30. The summed E-state index contributed by atoms with van der Waals surface area (Å²) in [5.41, 5.74) is -2.88.